The van der Waals surface area contributed by atoms with Gasteiger partial charge in [0.1, 0.15) is 0 Å². The fourth-order valence-electron chi connectivity index (χ4n) is 1.88. The van der Waals surface area contributed by atoms with E-state index in [1.165, 1.54) is 16.8 Å². The summed E-state index contributed by atoms with van der Waals surface area (Å²) in [5.41, 5.74) is 9.62. The predicted octanol–water partition coefficient (Wildman–Crippen LogP) is 1.47. The van der Waals surface area contributed by atoms with Gasteiger partial charge < -0.3 is 11.1 Å². The van der Waals surface area contributed by atoms with Crippen LogP contribution in [-0.2, 0) is 0 Å². The Morgan fingerprint density at radius 2 is 2.38 bits per heavy atom. The molecule has 0 fully saturated rings. The van der Waals surface area contributed by atoms with Crippen molar-refractivity contribution in [3.8, 4) is 0 Å². The Bertz CT molecular complexity index is 297. The summed E-state index contributed by atoms with van der Waals surface area (Å²) >= 11 is 0. The predicted molar refractivity (Wildman–Crippen MR) is 55.1 cm³/mol. The average molecular weight is 176 g/mol. The summed E-state index contributed by atoms with van der Waals surface area (Å²) < 4.78 is 0. The van der Waals surface area contributed by atoms with Crippen molar-refractivity contribution in [1.29, 1.82) is 0 Å². The zero-order valence-corrected chi connectivity index (χ0v) is 8.01. The number of allylic oxidation sites excluding steroid dienone is 1. The summed E-state index contributed by atoms with van der Waals surface area (Å²) in [5, 5.41) is 3.49. The van der Waals surface area contributed by atoms with Crippen molar-refractivity contribution in [2.45, 2.75) is 25.8 Å². The van der Waals surface area contributed by atoms with E-state index in [2.05, 4.69) is 30.5 Å². The Kier molecular flexibility index (Phi) is 2.23. The number of fused-ring (bicyclic) bond motifs is 1. The van der Waals surface area contributed by atoms with Crippen molar-refractivity contribution in [3.63, 3.8) is 0 Å². The van der Waals surface area contributed by atoms with E-state index in [9.17, 15) is 0 Å². The van der Waals surface area contributed by atoms with Gasteiger partial charge in [0.05, 0.1) is 6.04 Å². The molecular weight excluding hydrogens is 160 g/mol. The Labute approximate surface area is 79.2 Å². The molecule has 0 bridgehead atoms. The molecule has 2 rings (SSSR count). The van der Waals surface area contributed by atoms with Crippen molar-refractivity contribution in [1.82, 2.24) is 5.32 Å². The van der Waals surface area contributed by atoms with Crippen molar-refractivity contribution in [2.24, 2.45) is 5.73 Å². The van der Waals surface area contributed by atoms with Gasteiger partial charge in [-0.2, -0.15) is 0 Å². The second-order valence-corrected chi connectivity index (χ2v) is 3.58. The molecule has 0 amide bonds. The van der Waals surface area contributed by atoms with Crippen LogP contribution in [0.4, 0.5) is 0 Å². The van der Waals surface area contributed by atoms with Crippen LogP contribution in [0.3, 0.4) is 0 Å². The summed E-state index contributed by atoms with van der Waals surface area (Å²) in [6, 6.07) is 0.519. The zero-order valence-electron chi connectivity index (χ0n) is 8.01. The van der Waals surface area contributed by atoms with Crippen LogP contribution in [0.5, 0.6) is 0 Å². The molecule has 0 aromatic rings. The molecule has 1 aliphatic carbocycles. The molecule has 2 heteroatoms. The lowest BCUT2D eigenvalue weighted by Crippen LogP contribution is -2.25. The van der Waals surface area contributed by atoms with Gasteiger partial charge in [0.25, 0.3) is 0 Å². The summed E-state index contributed by atoms with van der Waals surface area (Å²) in [6.07, 6.45) is 8.87. The van der Waals surface area contributed by atoms with Crippen molar-refractivity contribution >= 4 is 0 Å². The van der Waals surface area contributed by atoms with Gasteiger partial charge >= 0.3 is 0 Å². The third-order valence-electron chi connectivity index (χ3n) is 2.69. The molecule has 1 atom stereocenters. The molecule has 13 heavy (non-hydrogen) atoms. The minimum atomic E-state index is 0.519. The van der Waals surface area contributed by atoms with Crippen LogP contribution in [0.1, 0.15) is 19.8 Å². The maximum absolute atomic E-state index is 5.60. The molecule has 70 valence electrons. The molecule has 1 aliphatic heterocycles. The Balaban J connectivity index is 2.19. The van der Waals surface area contributed by atoms with Gasteiger partial charge in [-0.3, -0.25) is 0 Å². The smallest absolute Gasteiger partial charge is 0.0546 e. The number of nitrogens with one attached hydrogen (secondary N) is 1. The van der Waals surface area contributed by atoms with Gasteiger partial charge in [0.15, 0.2) is 0 Å². The van der Waals surface area contributed by atoms with Gasteiger partial charge in [-0.05, 0) is 30.1 Å². The Hall–Kier alpha value is -1.02. The average Bonchev–Trinajstić information content (AvgIpc) is 2.58. The van der Waals surface area contributed by atoms with Gasteiger partial charge in [-0.25, -0.2) is 0 Å². The summed E-state index contributed by atoms with van der Waals surface area (Å²) in [7, 11) is 0. The van der Waals surface area contributed by atoms with Crippen molar-refractivity contribution < 1.29 is 0 Å². The van der Waals surface area contributed by atoms with Crippen LogP contribution >= 0.6 is 0 Å². The highest BCUT2D eigenvalue weighted by molar-refractivity contribution is 5.44. The van der Waals surface area contributed by atoms with Crippen LogP contribution in [0.25, 0.3) is 0 Å². The number of nitrogens with two attached hydrogens (primary N) is 1. The van der Waals surface area contributed by atoms with Gasteiger partial charge in [0, 0.05) is 12.2 Å². The first-order chi connectivity index (χ1) is 6.33. The Morgan fingerprint density at radius 3 is 3.08 bits per heavy atom. The van der Waals surface area contributed by atoms with Crippen LogP contribution in [-0.4, -0.2) is 12.6 Å². The van der Waals surface area contributed by atoms with Crippen molar-refractivity contribution in [2.75, 3.05) is 6.54 Å². The third kappa shape index (κ3) is 1.54. The molecule has 1 unspecified atom stereocenters. The van der Waals surface area contributed by atoms with Crippen LogP contribution < -0.4 is 11.1 Å². The van der Waals surface area contributed by atoms with E-state index in [0.717, 1.165) is 12.8 Å². The Morgan fingerprint density at radius 1 is 1.54 bits per heavy atom. The first-order valence-electron chi connectivity index (χ1n) is 4.91. The molecule has 0 aromatic carbocycles. The van der Waals surface area contributed by atoms with Gasteiger partial charge in [-0.15, -0.1) is 0 Å². The van der Waals surface area contributed by atoms with Crippen LogP contribution in [0, 0.1) is 0 Å². The lowest BCUT2D eigenvalue weighted by atomic mass is 9.96. The monoisotopic (exact) mass is 176 g/mol. The molecule has 0 saturated heterocycles. The highest BCUT2D eigenvalue weighted by Crippen LogP contribution is 2.25. The van der Waals surface area contributed by atoms with Gasteiger partial charge in [-0.1, -0.05) is 19.1 Å². The molecule has 3 N–H and O–H groups in total. The minimum absolute atomic E-state index is 0.519. The maximum atomic E-state index is 5.60. The maximum Gasteiger partial charge on any atom is 0.0546 e. The lowest BCUT2D eigenvalue weighted by Gasteiger charge is -2.17. The van der Waals surface area contributed by atoms with E-state index in [4.69, 9.17) is 5.73 Å². The normalized spacial score (nSPS) is 25.7. The molecule has 2 nitrogen and oxygen atoms in total. The van der Waals surface area contributed by atoms with Gasteiger partial charge in [0.2, 0.25) is 0 Å². The lowest BCUT2D eigenvalue weighted by molar-refractivity contribution is 0.666. The quantitative estimate of drug-likeness (QED) is 0.668. The van der Waals surface area contributed by atoms with E-state index >= 15 is 0 Å². The van der Waals surface area contributed by atoms with E-state index in [-0.39, 0.29) is 0 Å². The topological polar surface area (TPSA) is 38.0 Å². The standard InChI is InChI=1S/C11H16N2/c1-2-10-6-9-5-8(7-12)3-4-11(9)13-10/h3,5-6,11,13H,2,4,7,12H2,1H3. The van der Waals surface area contributed by atoms with Crippen LogP contribution in [0.15, 0.2) is 35.1 Å². The fraction of sp³-hybridized carbons (Fsp3) is 0.455. The second-order valence-electron chi connectivity index (χ2n) is 3.58. The molecule has 0 aromatic heterocycles. The largest absolute Gasteiger partial charge is 0.381 e. The minimum Gasteiger partial charge on any atom is -0.381 e. The van der Waals surface area contributed by atoms with Crippen molar-refractivity contribution in [3.05, 3.63) is 35.1 Å². The van der Waals surface area contributed by atoms with Crippen LogP contribution in [0.2, 0.25) is 0 Å². The van der Waals surface area contributed by atoms with E-state index in [0.29, 0.717) is 12.6 Å². The van der Waals surface area contributed by atoms with E-state index < -0.39 is 0 Å². The van der Waals surface area contributed by atoms with E-state index in [1.54, 1.807) is 0 Å². The third-order valence-corrected chi connectivity index (χ3v) is 2.69. The summed E-state index contributed by atoms with van der Waals surface area (Å²) in [6.45, 7) is 2.83. The first-order valence-corrected chi connectivity index (χ1v) is 4.91. The SMILES string of the molecule is CCC1=CC2=CC(CN)=CCC2N1. The molecule has 2 aliphatic rings. The molecular formula is C11H16N2. The fourth-order valence-corrected chi connectivity index (χ4v) is 1.88. The number of hydrogen-bond donors (Lipinski definition) is 2. The highest BCUT2D eigenvalue weighted by Gasteiger charge is 2.21. The molecule has 0 saturated carbocycles. The number of rotatable bonds is 2. The zero-order chi connectivity index (χ0) is 9.26. The second kappa shape index (κ2) is 3.38. The highest BCUT2D eigenvalue weighted by atomic mass is 14.9. The molecule has 0 radical (unpaired) electrons. The summed E-state index contributed by atoms with van der Waals surface area (Å²) in [4.78, 5) is 0. The van der Waals surface area contributed by atoms with E-state index in [1.807, 2.05) is 0 Å². The first kappa shape index (κ1) is 8.57. The number of hydrogen-bond acceptors (Lipinski definition) is 2. The summed E-state index contributed by atoms with van der Waals surface area (Å²) in [5.74, 6) is 0. The molecule has 1 heterocycles. The molecule has 0 spiro atoms.